The van der Waals surface area contributed by atoms with Crippen LogP contribution in [0.15, 0.2) is 94.4 Å². The normalized spacial score (nSPS) is 22.6. The van der Waals surface area contributed by atoms with Gasteiger partial charge in [0.1, 0.15) is 18.1 Å². The van der Waals surface area contributed by atoms with E-state index in [9.17, 15) is 19.7 Å². The van der Waals surface area contributed by atoms with Crippen LogP contribution in [0.1, 0.15) is 45.6 Å². The van der Waals surface area contributed by atoms with E-state index < -0.39 is 16.8 Å². The van der Waals surface area contributed by atoms with E-state index in [0.29, 0.717) is 11.5 Å². The fourth-order valence-electron chi connectivity index (χ4n) is 6.31. The van der Waals surface area contributed by atoms with Gasteiger partial charge < -0.3 is 9.15 Å². The topological polar surface area (TPSA) is 115 Å². The number of amides is 2. The van der Waals surface area contributed by atoms with Crippen LogP contribution < -0.4 is 4.74 Å². The Balaban J connectivity index is 1.13. The molecule has 39 heavy (non-hydrogen) atoms. The van der Waals surface area contributed by atoms with Crippen LogP contribution in [-0.4, -0.2) is 28.0 Å². The van der Waals surface area contributed by atoms with E-state index in [1.54, 1.807) is 24.3 Å². The van der Waals surface area contributed by atoms with Crippen LogP contribution in [0, 0.1) is 22.0 Å². The minimum Gasteiger partial charge on any atom is -0.479 e. The molecule has 2 atom stereocenters. The molecule has 1 aliphatic heterocycles. The number of benzene rings is 3. The number of rotatable bonds is 6. The second-order valence-corrected chi connectivity index (χ2v) is 9.82. The van der Waals surface area contributed by atoms with E-state index >= 15 is 0 Å². The molecular weight excluding hydrogens is 498 g/mol. The van der Waals surface area contributed by atoms with Crippen molar-refractivity contribution in [3.8, 4) is 5.75 Å². The lowest BCUT2D eigenvalue weighted by molar-refractivity contribution is -0.386. The average Bonchev–Trinajstić information content (AvgIpc) is 3.52. The molecule has 2 heterocycles. The SMILES string of the molecule is O=C1[C@@H]2C3c4ccccc4C(c4ccccc43)[C@@H]2C(=O)N1/N=C\c1ccc(COc2ccccc2[N+](=O)[O-])o1. The predicted molar refractivity (Wildman–Crippen MR) is 139 cm³/mol. The molecule has 9 heteroatoms. The van der Waals surface area contributed by atoms with Crippen molar-refractivity contribution in [1.29, 1.82) is 0 Å². The maximum Gasteiger partial charge on any atom is 0.310 e. The van der Waals surface area contributed by atoms with E-state index in [2.05, 4.69) is 29.4 Å². The number of hydrogen-bond acceptors (Lipinski definition) is 7. The first-order chi connectivity index (χ1) is 19.0. The smallest absolute Gasteiger partial charge is 0.310 e. The molecule has 0 saturated carbocycles. The first-order valence-electron chi connectivity index (χ1n) is 12.6. The maximum atomic E-state index is 13.6. The van der Waals surface area contributed by atoms with Crippen molar-refractivity contribution in [2.24, 2.45) is 16.9 Å². The van der Waals surface area contributed by atoms with Gasteiger partial charge in [-0.05, 0) is 40.5 Å². The van der Waals surface area contributed by atoms with Gasteiger partial charge in [-0.3, -0.25) is 19.7 Å². The first-order valence-corrected chi connectivity index (χ1v) is 12.6. The van der Waals surface area contributed by atoms with Crippen LogP contribution in [0.4, 0.5) is 5.69 Å². The number of para-hydroxylation sites is 2. The highest BCUT2D eigenvalue weighted by atomic mass is 16.6. The van der Waals surface area contributed by atoms with Crippen molar-refractivity contribution in [3.63, 3.8) is 0 Å². The Hall–Kier alpha value is -5.05. The van der Waals surface area contributed by atoms with Crippen molar-refractivity contribution in [3.05, 3.63) is 129 Å². The van der Waals surface area contributed by atoms with Crippen LogP contribution in [0.25, 0.3) is 0 Å². The predicted octanol–water partition coefficient (Wildman–Crippen LogP) is 4.99. The summed E-state index contributed by atoms with van der Waals surface area (Å²) in [6, 6.07) is 25.5. The van der Waals surface area contributed by atoms with Crippen LogP contribution in [0.2, 0.25) is 0 Å². The quantitative estimate of drug-likeness (QED) is 0.153. The van der Waals surface area contributed by atoms with Gasteiger partial charge >= 0.3 is 5.69 Å². The van der Waals surface area contributed by atoms with Gasteiger partial charge in [-0.25, -0.2) is 0 Å². The Morgan fingerprint density at radius 3 is 1.92 bits per heavy atom. The molecular formula is C30H21N3O6. The summed E-state index contributed by atoms with van der Waals surface area (Å²) < 4.78 is 11.3. The Labute approximate surface area is 222 Å². The molecule has 3 aliphatic carbocycles. The van der Waals surface area contributed by atoms with Gasteiger partial charge in [-0.15, -0.1) is 0 Å². The zero-order chi connectivity index (χ0) is 26.7. The highest BCUT2D eigenvalue weighted by Crippen LogP contribution is 2.60. The van der Waals surface area contributed by atoms with Gasteiger partial charge in [0.15, 0.2) is 5.75 Å². The lowest BCUT2D eigenvalue weighted by Crippen LogP contribution is -2.41. The van der Waals surface area contributed by atoms with Gasteiger partial charge in [0, 0.05) is 17.9 Å². The minimum atomic E-state index is -0.513. The Morgan fingerprint density at radius 2 is 1.36 bits per heavy atom. The molecule has 0 radical (unpaired) electrons. The first kappa shape index (κ1) is 23.1. The van der Waals surface area contributed by atoms with E-state index in [-0.39, 0.29) is 41.7 Å². The number of nitrogens with zero attached hydrogens (tertiary/aromatic N) is 3. The summed E-state index contributed by atoms with van der Waals surface area (Å²) in [5.74, 6) is -1.18. The number of nitro groups is 1. The summed E-state index contributed by atoms with van der Waals surface area (Å²) in [6.45, 7) is -0.0374. The Morgan fingerprint density at radius 1 is 0.821 bits per heavy atom. The zero-order valence-corrected chi connectivity index (χ0v) is 20.5. The maximum absolute atomic E-state index is 13.6. The summed E-state index contributed by atoms with van der Waals surface area (Å²) in [7, 11) is 0. The number of carbonyl (C=O) groups excluding carboxylic acids is 2. The fourth-order valence-corrected chi connectivity index (χ4v) is 6.31. The third-order valence-electron chi connectivity index (χ3n) is 7.84. The largest absolute Gasteiger partial charge is 0.479 e. The van der Waals surface area contributed by atoms with Crippen LogP contribution >= 0.6 is 0 Å². The van der Waals surface area contributed by atoms with E-state index in [1.807, 2.05) is 24.3 Å². The lowest BCUT2D eigenvalue weighted by Gasteiger charge is -2.45. The monoisotopic (exact) mass is 519 g/mol. The fraction of sp³-hybridized carbons (Fsp3) is 0.167. The number of furan rings is 1. The lowest BCUT2D eigenvalue weighted by atomic mass is 9.55. The van der Waals surface area contributed by atoms with E-state index in [0.717, 1.165) is 27.3 Å². The number of ether oxygens (including phenoxy) is 1. The molecule has 2 bridgehead atoms. The molecule has 0 unspecified atom stereocenters. The molecule has 3 aromatic carbocycles. The molecule has 9 nitrogen and oxygen atoms in total. The Kier molecular flexibility index (Phi) is 5.19. The van der Waals surface area contributed by atoms with Crippen molar-refractivity contribution in [2.75, 3.05) is 0 Å². The van der Waals surface area contributed by atoms with Gasteiger partial charge in [0.25, 0.3) is 11.8 Å². The van der Waals surface area contributed by atoms with E-state index in [4.69, 9.17) is 9.15 Å². The third-order valence-corrected chi connectivity index (χ3v) is 7.84. The molecule has 1 saturated heterocycles. The summed E-state index contributed by atoms with van der Waals surface area (Å²) in [4.78, 5) is 37.9. The summed E-state index contributed by atoms with van der Waals surface area (Å²) in [6.07, 6.45) is 1.34. The third kappa shape index (κ3) is 3.50. The van der Waals surface area contributed by atoms with Crippen molar-refractivity contribution in [1.82, 2.24) is 5.01 Å². The Bertz CT molecular complexity index is 1580. The van der Waals surface area contributed by atoms with Crippen LogP contribution in [-0.2, 0) is 16.2 Å². The molecule has 4 aliphatic rings. The van der Waals surface area contributed by atoms with Crippen molar-refractivity contribution < 1.29 is 23.7 Å². The van der Waals surface area contributed by atoms with Gasteiger partial charge in [-0.1, -0.05) is 60.7 Å². The number of hydrogen-bond donors (Lipinski definition) is 0. The number of hydrazone groups is 1. The molecule has 2 amide bonds. The van der Waals surface area contributed by atoms with Crippen molar-refractivity contribution in [2.45, 2.75) is 18.4 Å². The standard InChI is InChI=1S/C30H21N3O6/c34-29-27-25-19-7-1-2-8-20(19)26(22-10-4-3-9-21(22)25)28(27)30(35)32(29)31-15-17-13-14-18(39-17)16-38-24-12-6-5-11-23(24)33(36)37/h1-15,25-28H,16H2/b31-15-/t25?,26?,27-,28+. The average molecular weight is 520 g/mol. The second-order valence-electron chi connectivity index (χ2n) is 9.82. The molecule has 0 N–H and O–H groups in total. The molecule has 8 rings (SSSR count). The van der Waals surface area contributed by atoms with Crippen LogP contribution in [0.3, 0.4) is 0 Å². The van der Waals surface area contributed by atoms with E-state index in [1.165, 1.54) is 18.3 Å². The molecule has 4 aromatic rings. The van der Waals surface area contributed by atoms with Crippen molar-refractivity contribution >= 4 is 23.7 Å². The summed E-state index contributed by atoms with van der Waals surface area (Å²) >= 11 is 0. The summed E-state index contributed by atoms with van der Waals surface area (Å²) in [5, 5.41) is 16.4. The number of imide groups is 1. The van der Waals surface area contributed by atoms with Gasteiger partial charge in [-0.2, -0.15) is 10.1 Å². The number of carbonyl (C=O) groups is 2. The molecule has 0 spiro atoms. The highest BCUT2D eigenvalue weighted by Gasteiger charge is 2.61. The van der Waals surface area contributed by atoms with Gasteiger partial charge in [0.05, 0.1) is 23.0 Å². The van der Waals surface area contributed by atoms with Crippen LogP contribution in [0.5, 0.6) is 5.75 Å². The molecule has 1 aromatic heterocycles. The number of nitro benzene ring substituents is 1. The van der Waals surface area contributed by atoms with Gasteiger partial charge in [0.2, 0.25) is 0 Å². The highest BCUT2D eigenvalue weighted by molar-refractivity contribution is 6.08. The molecule has 1 fully saturated rings. The summed E-state index contributed by atoms with van der Waals surface area (Å²) in [5.41, 5.74) is 4.26. The zero-order valence-electron chi connectivity index (χ0n) is 20.5. The minimum absolute atomic E-state index is 0.0374. The second kappa shape index (κ2) is 8.76. The molecule has 192 valence electrons.